The summed E-state index contributed by atoms with van der Waals surface area (Å²) in [4.78, 5) is 5.11. The number of rotatable bonds is 12. The molecular formula is C28H36N2. The normalized spacial score (nSPS) is 12.4. The molecule has 3 aromatic carbocycles. The summed E-state index contributed by atoms with van der Waals surface area (Å²) in [7, 11) is 2.27. The maximum atomic E-state index is 2.59. The molecule has 0 amide bonds. The molecule has 0 N–H and O–H groups in total. The van der Waals surface area contributed by atoms with Crippen LogP contribution in [-0.2, 0) is 19.6 Å². The first-order valence-electron chi connectivity index (χ1n) is 11.3. The fourth-order valence-corrected chi connectivity index (χ4v) is 4.18. The van der Waals surface area contributed by atoms with E-state index in [-0.39, 0.29) is 0 Å². The lowest BCUT2D eigenvalue weighted by atomic mass is 10.1. The molecule has 0 aromatic heterocycles. The molecule has 30 heavy (non-hydrogen) atoms. The van der Waals surface area contributed by atoms with Gasteiger partial charge in [-0.1, -0.05) is 97.9 Å². The highest BCUT2D eigenvalue weighted by molar-refractivity contribution is 5.17. The van der Waals surface area contributed by atoms with E-state index in [0.717, 1.165) is 26.2 Å². The first-order valence-corrected chi connectivity index (χ1v) is 11.3. The molecule has 0 aliphatic rings. The van der Waals surface area contributed by atoms with Crippen molar-refractivity contribution in [3.63, 3.8) is 0 Å². The highest BCUT2D eigenvalue weighted by atomic mass is 15.1. The topological polar surface area (TPSA) is 6.48 Å². The van der Waals surface area contributed by atoms with E-state index in [1.165, 1.54) is 36.0 Å². The molecule has 158 valence electrons. The number of benzene rings is 3. The van der Waals surface area contributed by atoms with Crippen LogP contribution in [0, 0.1) is 0 Å². The van der Waals surface area contributed by atoms with E-state index in [1.54, 1.807) is 0 Å². The van der Waals surface area contributed by atoms with Gasteiger partial charge in [-0.3, -0.25) is 9.80 Å². The van der Waals surface area contributed by atoms with E-state index >= 15 is 0 Å². The summed E-state index contributed by atoms with van der Waals surface area (Å²) in [6.07, 6.45) is 3.65. The zero-order valence-corrected chi connectivity index (χ0v) is 18.6. The summed E-state index contributed by atoms with van der Waals surface area (Å²) >= 11 is 0. The van der Waals surface area contributed by atoms with Gasteiger partial charge in [0.2, 0.25) is 0 Å². The first-order chi connectivity index (χ1) is 14.7. The van der Waals surface area contributed by atoms with Crippen LogP contribution < -0.4 is 0 Å². The molecule has 0 fully saturated rings. The lowest BCUT2D eigenvalue weighted by molar-refractivity contribution is 0.193. The zero-order chi connectivity index (χ0) is 21.0. The highest BCUT2D eigenvalue weighted by Gasteiger charge is 2.14. The Kier molecular flexibility index (Phi) is 9.14. The van der Waals surface area contributed by atoms with Crippen LogP contribution in [0.2, 0.25) is 0 Å². The minimum atomic E-state index is 0.625. The average molecular weight is 401 g/mol. The molecule has 1 atom stereocenters. The number of nitrogens with zero attached hydrogens (tertiary/aromatic N) is 2. The Bertz CT molecular complexity index is 776. The lowest BCUT2D eigenvalue weighted by Crippen LogP contribution is -2.32. The van der Waals surface area contributed by atoms with Crippen LogP contribution in [0.25, 0.3) is 0 Å². The third-order valence-corrected chi connectivity index (χ3v) is 5.88. The molecule has 0 bridgehead atoms. The minimum Gasteiger partial charge on any atom is -0.299 e. The largest absolute Gasteiger partial charge is 0.299 e. The predicted molar refractivity (Wildman–Crippen MR) is 128 cm³/mol. The van der Waals surface area contributed by atoms with Crippen LogP contribution in [0.15, 0.2) is 91.0 Å². The summed E-state index contributed by atoms with van der Waals surface area (Å²) in [6, 6.07) is 33.1. The quantitative estimate of drug-likeness (QED) is 0.348. The average Bonchev–Trinajstić information content (AvgIpc) is 2.78. The molecular weight excluding hydrogens is 364 g/mol. The Labute approximate surface area is 183 Å². The molecule has 3 rings (SSSR count). The summed E-state index contributed by atoms with van der Waals surface area (Å²) in [6.45, 7) is 6.48. The van der Waals surface area contributed by atoms with Gasteiger partial charge in [0, 0.05) is 25.7 Å². The van der Waals surface area contributed by atoms with Gasteiger partial charge in [0.1, 0.15) is 0 Å². The van der Waals surface area contributed by atoms with Gasteiger partial charge < -0.3 is 0 Å². The summed E-state index contributed by atoms with van der Waals surface area (Å²) < 4.78 is 0. The van der Waals surface area contributed by atoms with Crippen LogP contribution in [0.5, 0.6) is 0 Å². The molecule has 2 nitrogen and oxygen atoms in total. The van der Waals surface area contributed by atoms with E-state index in [9.17, 15) is 0 Å². The third-order valence-electron chi connectivity index (χ3n) is 5.88. The van der Waals surface area contributed by atoms with Gasteiger partial charge in [-0.2, -0.15) is 0 Å². The minimum absolute atomic E-state index is 0.625. The molecule has 0 saturated carbocycles. The van der Waals surface area contributed by atoms with Crippen LogP contribution >= 0.6 is 0 Å². The van der Waals surface area contributed by atoms with Gasteiger partial charge in [0.05, 0.1) is 0 Å². The van der Waals surface area contributed by atoms with Gasteiger partial charge in [0.15, 0.2) is 0 Å². The molecule has 0 heterocycles. The second-order valence-electron chi connectivity index (χ2n) is 8.29. The van der Waals surface area contributed by atoms with Crippen molar-refractivity contribution in [3.8, 4) is 0 Å². The Morgan fingerprint density at radius 1 is 0.633 bits per heavy atom. The van der Waals surface area contributed by atoms with Crippen LogP contribution in [0.3, 0.4) is 0 Å². The van der Waals surface area contributed by atoms with Gasteiger partial charge >= 0.3 is 0 Å². The van der Waals surface area contributed by atoms with Crippen LogP contribution in [0.4, 0.5) is 0 Å². The fraction of sp³-hybridized carbons (Fsp3) is 0.357. The van der Waals surface area contributed by atoms with Crippen molar-refractivity contribution in [2.24, 2.45) is 0 Å². The maximum absolute atomic E-state index is 2.59. The smallest absolute Gasteiger partial charge is 0.0237 e. The van der Waals surface area contributed by atoms with Gasteiger partial charge in [-0.15, -0.1) is 0 Å². The lowest BCUT2D eigenvalue weighted by Gasteiger charge is -2.29. The predicted octanol–water partition coefficient (Wildman–Crippen LogP) is 6.38. The summed E-state index contributed by atoms with van der Waals surface area (Å²) in [5.41, 5.74) is 4.18. The van der Waals surface area contributed by atoms with Crippen molar-refractivity contribution in [3.05, 3.63) is 108 Å². The van der Waals surface area contributed by atoms with Crippen LogP contribution in [-0.4, -0.2) is 29.4 Å². The fourth-order valence-electron chi connectivity index (χ4n) is 4.18. The van der Waals surface area contributed by atoms with Crippen molar-refractivity contribution in [1.29, 1.82) is 0 Å². The second kappa shape index (κ2) is 12.3. The molecule has 0 aliphatic carbocycles. The van der Waals surface area contributed by atoms with Crippen molar-refractivity contribution < 1.29 is 0 Å². The summed E-state index contributed by atoms with van der Waals surface area (Å²) in [5.74, 6) is 0. The Hall–Kier alpha value is -2.42. The third kappa shape index (κ3) is 7.44. The molecule has 0 saturated heterocycles. The molecule has 0 spiro atoms. The van der Waals surface area contributed by atoms with E-state index in [4.69, 9.17) is 0 Å². The van der Waals surface area contributed by atoms with Crippen molar-refractivity contribution >= 4 is 0 Å². The monoisotopic (exact) mass is 400 g/mol. The van der Waals surface area contributed by atoms with E-state index in [2.05, 4.69) is 115 Å². The van der Waals surface area contributed by atoms with Crippen molar-refractivity contribution in [2.45, 2.75) is 51.9 Å². The van der Waals surface area contributed by atoms with Crippen molar-refractivity contribution in [2.75, 3.05) is 13.6 Å². The molecule has 1 unspecified atom stereocenters. The second-order valence-corrected chi connectivity index (χ2v) is 8.29. The molecule has 2 heteroatoms. The van der Waals surface area contributed by atoms with E-state index in [1.807, 2.05) is 0 Å². The maximum Gasteiger partial charge on any atom is 0.0237 e. The highest BCUT2D eigenvalue weighted by Crippen LogP contribution is 2.16. The van der Waals surface area contributed by atoms with Gasteiger partial charge in [0.25, 0.3) is 0 Å². The van der Waals surface area contributed by atoms with Crippen LogP contribution in [0.1, 0.15) is 42.9 Å². The standard InChI is InChI=1S/C28H36N2/c1-3-28(29(2)22-25-14-7-4-8-15-25)20-13-21-30(23-26-16-9-5-10-17-26)24-27-18-11-6-12-19-27/h4-12,14-19,28H,3,13,20-24H2,1-2H3. The first kappa shape index (κ1) is 22.3. The molecule has 0 radical (unpaired) electrons. The Balaban J connectivity index is 1.55. The Morgan fingerprint density at radius 2 is 1.07 bits per heavy atom. The number of hydrogen-bond acceptors (Lipinski definition) is 2. The van der Waals surface area contributed by atoms with Gasteiger partial charge in [-0.05, 0) is 49.5 Å². The van der Waals surface area contributed by atoms with E-state index < -0.39 is 0 Å². The zero-order valence-electron chi connectivity index (χ0n) is 18.6. The number of hydrogen-bond donors (Lipinski definition) is 0. The van der Waals surface area contributed by atoms with Gasteiger partial charge in [-0.25, -0.2) is 0 Å². The SMILES string of the molecule is CCC(CCCN(Cc1ccccc1)Cc1ccccc1)N(C)Cc1ccccc1. The van der Waals surface area contributed by atoms with Crippen molar-refractivity contribution in [1.82, 2.24) is 9.80 Å². The van der Waals surface area contributed by atoms with E-state index in [0.29, 0.717) is 6.04 Å². The Morgan fingerprint density at radius 3 is 1.50 bits per heavy atom. The molecule has 0 aliphatic heterocycles. The summed E-state index contributed by atoms with van der Waals surface area (Å²) in [5, 5.41) is 0. The molecule has 3 aromatic rings.